The number of hydrogen-bond acceptors (Lipinski definition) is 16. The van der Waals surface area contributed by atoms with Gasteiger partial charge in [-0.15, -0.1) is 0 Å². The van der Waals surface area contributed by atoms with Crippen LogP contribution in [0.4, 0.5) is 0 Å². The number of rotatable bonds is 28. The van der Waals surface area contributed by atoms with E-state index in [-0.39, 0.29) is 150 Å². The van der Waals surface area contributed by atoms with Crippen LogP contribution in [0.25, 0.3) is 0 Å². The van der Waals surface area contributed by atoms with Gasteiger partial charge in [0.25, 0.3) is 22.3 Å². The van der Waals surface area contributed by atoms with Crippen molar-refractivity contribution in [2.75, 3.05) is 26.4 Å². The van der Waals surface area contributed by atoms with Crippen molar-refractivity contribution in [3.63, 3.8) is 0 Å². The molecular weight excluding hydrogens is 1080 g/mol. The van der Waals surface area contributed by atoms with E-state index in [0.717, 1.165) is 51.4 Å². The summed E-state index contributed by atoms with van der Waals surface area (Å²) in [7, 11) is -38.7. The fourth-order valence-electron chi connectivity index (χ4n) is 3.22. The Kier molecular flexibility index (Phi) is 56.7. The third kappa shape index (κ3) is 44.5. The van der Waals surface area contributed by atoms with E-state index in [9.17, 15) is 36.5 Å². The van der Waals surface area contributed by atoms with Crippen LogP contribution < -0.4 is 118 Å². The quantitative estimate of drug-likeness (QED) is 0.0197. The van der Waals surface area contributed by atoms with Crippen LogP contribution in [-0.2, 0) is 54.6 Å². The summed E-state index contributed by atoms with van der Waals surface area (Å²) in [5, 5.41) is 35.5. The number of aliphatic hydroxyl groups is 4. The fraction of sp³-hybridized carbons (Fsp3) is 1.00. The minimum atomic E-state index is -5.02. The molecule has 8 atom stereocenters. The summed E-state index contributed by atoms with van der Waals surface area (Å²) in [5.74, 6) is 0. The van der Waals surface area contributed by atoms with Crippen molar-refractivity contribution in [2.24, 2.45) is 0 Å². The Balaban J connectivity index is -0.0000000592. The predicted octanol–water partition coefficient (Wildman–Crippen LogP) is -8.21. The van der Waals surface area contributed by atoms with Crippen molar-refractivity contribution in [1.82, 2.24) is 0 Å². The van der Waals surface area contributed by atoms with Gasteiger partial charge in [0.05, 0.1) is 26.4 Å². The Morgan fingerprint density at radius 3 is 0.531 bits per heavy atom. The maximum absolute atomic E-state index is 11.1. The van der Waals surface area contributed by atoms with E-state index in [1.54, 1.807) is 0 Å². The Hall–Kier alpha value is 5.04. The molecule has 0 aliphatic heterocycles. The maximum Gasteiger partial charge on any atom is 1.00 e. The largest absolute Gasteiger partial charge is 1.00 e. The van der Waals surface area contributed by atoms with Crippen LogP contribution in [-0.4, -0.2) is 128 Å². The second kappa shape index (κ2) is 42.3. The zero-order valence-electron chi connectivity index (χ0n) is 41.3. The van der Waals surface area contributed by atoms with Gasteiger partial charge in [-0.25, -0.2) is 0 Å². The minimum Gasteiger partial charge on any atom is -1.00 e. The molecule has 0 spiro atoms. The van der Waals surface area contributed by atoms with E-state index in [2.05, 4.69) is 18.1 Å². The fourth-order valence-corrected chi connectivity index (χ4v) is 12.2. The Labute approximate surface area is 467 Å². The first kappa shape index (κ1) is 85.8. The van der Waals surface area contributed by atoms with E-state index in [1.807, 2.05) is 27.7 Å². The first-order chi connectivity index (χ1) is 26.9. The van der Waals surface area contributed by atoms with Crippen LogP contribution in [0.15, 0.2) is 0 Å². The van der Waals surface area contributed by atoms with Crippen LogP contribution in [0, 0.1) is 0 Å². The molecule has 0 aliphatic carbocycles. The van der Waals surface area contributed by atoms with Crippen LogP contribution in [0.2, 0.25) is 0 Å². The summed E-state index contributed by atoms with van der Waals surface area (Å²) in [5.41, 5.74) is -10.6. The summed E-state index contributed by atoms with van der Waals surface area (Å²) in [6, 6.07) is 0. The second-order valence-electron chi connectivity index (χ2n) is 12.2. The summed E-state index contributed by atoms with van der Waals surface area (Å²) < 4.78 is 104. The van der Waals surface area contributed by atoms with Gasteiger partial charge in [-0.1, -0.05) is 79.1 Å². The van der Waals surface area contributed by atoms with E-state index < -0.39 is 83.1 Å². The van der Waals surface area contributed by atoms with Gasteiger partial charge in [-0.05, 0) is 25.7 Å². The average molecular weight is 1140 g/mol. The summed E-state index contributed by atoms with van der Waals surface area (Å²) in [4.78, 5) is 104. The Morgan fingerprint density at radius 2 is 0.438 bits per heavy atom. The normalized spacial score (nSPS) is 17.3. The van der Waals surface area contributed by atoms with Crippen molar-refractivity contribution < 1.29 is 258 Å². The van der Waals surface area contributed by atoms with Crippen LogP contribution >= 0.6 is 60.8 Å². The van der Waals surface area contributed by atoms with Gasteiger partial charge in [-0.2, -0.15) is 0 Å². The zero-order chi connectivity index (χ0) is 48.5. The van der Waals surface area contributed by atoms with Crippen LogP contribution in [0.3, 0.4) is 0 Å². The molecule has 0 fully saturated rings. The first-order valence-corrected chi connectivity index (χ1v) is 31.0. The third-order valence-corrected chi connectivity index (χ3v) is 20.5. The van der Waals surface area contributed by atoms with Crippen LogP contribution in [0.1, 0.15) is 110 Å². The molecule has 28 nitrogen and oxygen atoms in total. The van der Waals surface area contributed by atoms with Gasteiger partial charge in [0, 0.05) is 0 Å². The summed E-state index contributed by atoms with van der Waals surface area (Å²) in [6.45, 7) is 7.23. The molecule has 0 saturated heterocycles. The predicted molar refractivity (Wildman–Crippen MR) is 218 cm³/mol. The molecule has 0 amide bonds. The van der Waals surface area contributed by atoms with E-state index in [4.69, 9.17) is 79.1 Å². The number of aliphatic hydroxyl groups excluding tert-OH is 4. The van der Waals surface area contributed by atoms with Gasteiger partial charge in [0.15, 0.2) is 0 Å². The Morgan fingerprint density at radius 1 is 0.312 bits per heavy atom. The molecule has 0 aliphatic rings. The van der Waals surface area contributed by atoms with Gasteiger partial charge in [0.1, 0.15) is 0 Å². The second-order valence-corrected chi connectivity index (χ2v) is 28.0. The third-order valence-electron chi connectivity index (χ3n) is 6.47. The van der Waals surface area contributed by atoms with Crippen molar-refractivity contribution in [1.29, 1.82) is 0 Å². The first-order valence-electron chi connectivity index (χ1n) is 17.7. The molecule has 0 saturated carbocycles. The monoisotopic (exact) mass is 1140 g/mol. The Bertz CT molecular complexity index is 1360. The van der Waals surface area contributed by atoms with Crippen molar-refractivity contribution in [3.8, 4) is 0 Å². The molecule has 8 unspecified atom stereocenters. The molecule has 0 heterocycles. The van der Waals surface area contributed by atoms with Gasteiger partial charge >= 0.3 is 179 Å². The molecule has 0 rings (SSSR count). The number of unbranched alkanes of at least 4 members (excludes halogenated alkanes) is 8. The van der Waals surface area contributed by atoms with Crippen LogP contribution in [0.5, 0.6) is 0 Å². The van der Waals surface area contributed by atoms with E-state index >= 15 is 0 Å². The molecule has 16 N–H and O–H groups in total. The van der Waals surface area contributed by atoms with Crippen molar-refractivity contribution >= 4 is 60.8 Å². The molecule has 0 radical (unpaired) electrons. The van der Waals surface area contributed by atoms with Crippen molar-refractivity contribution in [3.05, 3.63) is 0 Å². The van der Waals surface area contributed by atoms with Gasteiger partial charge < -0.3 is 103 Å². The van der Waals surface area contributed by atoms with Gasteiger partial charge in [-0.3, -0.25) is 36.5 Å². The summed E-state index contributed by atoms with van der Waals surface area (Å²) in [6.07, 6.45) is 8.56. The molecule has 0 aromatic rings. The maximum atomic E-state index is 11.1. The number of hydrogen-bond donors (Lipinski definition) is 16. The average Bonchev–Trinajstić information content (AvgIpc) is 3.10. The molecular formula is C24H68Na4O28P8. The van der Waals surface area contributed by atoms with Crippen molar-refractivity contribution in [2.45, 2.75) is 127 Å². The molecule has 0 aromatic heterocycles. The molecule has 0 aromatic carbocycles. The zero-order valence-corrected chi connectivity index (χ0v) is 52.4. The molecule has 376 valence electrons. The topological polar surface area (TPSA) is 497 Å². The molecule has 64 heavy (non-hydrogen) atoms. The van der Waals surface area contributed by atoms with E-state index in [1.165, 1.54) is 0 Å². The SMILES string of the molecule is CCCCCOP(=O)(O)C(O)P(=O)(O)O.CCCCCOP(=O)(O)C(O)P(=O)(O)O.CCCCCOP(=O)(O)C(O)P(=O)(O)O.CCCCCOP(=O)(O)C(O)P(=O)(O)O.[H-].[H-].[H-].[H-].[Na+].[Na+].[Na+].[Na+]. The molecule has 40 heteroatoms. The minimum absolute atomic E-state index is 0. The smallest absolute Gasteiger partial charge is 1.00 e. The standard InChI is InChI=1S/4C6H16O7P2.4Na.4H/c4*1-2-3-4-5-13-15(11,12)6(7)14(8,9)10;;;;;;;;/h4*6-7H,2-5H2,1H3,(H,11,12)(H2,8,9,10);;;;;;;;/q;;;;4*+1;4*-1. The summed E-state index contributed by atoms with van der Waals surface area (Å²) >= 11 is 0. The van der Waals surface area contributed by atoms with Gasteiger partial charge in [0.2, 0.25) is 0 Å². The molecule has 0 bridgehead atoms. The van der Waals surface area contributed by atoms with E-state index in [0.29, 0.717) is 25.7 Å².